The molecule has 20 heavy (non-hydrogen) atoms. The molecule has 0 aromatic heterocycles. The van der Waals surface area contributed by atoms with Crippen molar-refractivity contribution in [3.8, 4) is 11.5 Å². The average molecular weight is 271 g/mol. The molecule has 3 nitrogen and oxygen atoms in total. The fourth-order valence-electron chi connectivity index (χ4n) is 2.00. The molecule has 106 valence electrons. The molecule has 2 aromatic carbocycles. The maximum atomic E-state index is 5.78. The Morgan fingerprint density at radius 3 is 2.20 bits per heavy atom. The predicted molar refractivity (Wildman–Crippen MR) is 81.1 cm³/mol. The minimum atomic E-state index is 0.575. The van der Waals surface area contributed by atoms with Crippen molar-refractivity contribution in [3.63, 3.8) is 0 Å². The van der Waals surface area contributed by atoms with Gasteiger partial charge in [0.1, 0.15) is 18.1 Å². The molecule has 0 unspecified atom stereocenters. The smallest absolute Gasteiger partial charge is 0.120 e. The molecular weight excluding hydrogens is 250 g/mol. The van der Waals surface area contributed by atoms with Gasteiger partial charge in [0.2, 0.25) is 0 Å². The van der Waals surface area contributed by atoms with Gasteiger partial charge in [0, 0.05) is 6.54 Å². The van der Waals surface area contributed by atoms with Crippen molar-refractivity contribution >= 4 is 0 Å². The summed E-state index contributed by atoms with van der Waals surface area (Å²) >= 11 is 0. The standard InChI is InChI=1S/C17H21NO2/c1-3-19-16-7-9-17(10-8-16)20-13-15-6-4-5-14(11-15)12-18-2/h4-11,18H,3,12-13H2,1-2H3. The Hall–Kier alpha value is -2.00. The van der Waals surface area contributed by atoms with E-state index in [-0.39, 0.29) is 0 Å². The lowest BCUT2D eigenvalue weighted by atomic mass is 10.1. The molecule has 0 aliphatic carbocycles. The quantitative estimate of drug-likeness (QED) is 0.837. The Balaban J connectivity index is 1.92. The van der Waals surface area contributed by atoms with E-state index in [2.05, 4.69) is 29.6 Å². The van der Waals surface area contributed by atoms with Crippen LogP contribution in [0.1, 0.15) is 18.1 Å². The number of rotatable bonds is 7. The predicted octanol–water partition coefficient (Wildman–Crippen LogP) is 3.38. The molecule has 0 atom stereocenters. The van der Waals surface area contributed by atoms with Crippen LogP contribution < -0.4 is 14.8 Å². The van der Waals surface area contributed by atoms with Crippen molar-refractivity contribution in [1.82, 2.24) is 5.32 Å². The molecule has 2 rings (SSSR count). The topological polar surface area (TPSA) is 30.5 Å². The third-order valence-corrected chi connectivity index (χ3v) is 2.91. The van der Waals surface area contributed by atoms with Gasteiger partial charge in [-0.1, -0.05) is 24.3 Å². The molecule has 0 amide bonds. The van der Waals surface area contributed by atoms with Crippen LogP contribution in [0.15, 0.2) is 48.5 Å². The number of nitrogens with one attached hydrogen (secondary N) is 1. The Morgan fingerprint density at radius 1 is 0.900 bits per heavy atom. The Morgan fingerprint density at radius 2 is 1.55 bits per heavy atom. The third-order valence-electron chi connectivity index (χ3n) is 2.91. The van der Waals surface area contributed by atoms with Gasteiger partial charge in [-0.15, -0.1) is 0 Å². The Kier molecular flexibility index (Phi) is 5.44. The number of hydrogen-bond donors (Lipinski definition) is 1. The van der Waals surface area contributed by atoms with Crippen LogP contribution in [-0.4, -0.2) is 13.7 Å². The number of hydrogen-bond acceptors (Lipinski definition) is 3. The normalized spacial score (nSPS) is 10.3. The van der Waals surface area contributed by atoms with Crippen LogP contribution in [-0.2, 0) is 13.2 Å². The van der Waals surface area contributed by atoms with Crippen LogP contribution in [0, 0.1) is 0 Å². The first-order valence-corrected chi connectivity index (χ1v) is 6.90. The Bertz CT molecular complexity index is 523. The first-order valence-electron chi connectivity index (χ1n) is 6.90. The zero-order valence-electron chi connectivity index (χ0n) is 12.1. The summed E-state index contributed by atoms with van der Waals surface area (Å²) in [6.07, 6.45) is 0. The summed E-state index contributed by atoms with van der Waals surface area (Å²) in [6.45, 7) is 4.10. The van der Waals surface area contributed by atoms with E-state index in [1.165, 1.54) is 11.1 Å². The summed E-state index contributed by atoms with van der Waals surface area (Å²) in [7, 11) is 1.95. The number of benzene rings is 2. The van der Waals surface area contributed by atoms with Gasteiger partial charge in [0.15, 0.2) is 0 Å². The maximum Gasteiger partial charge on any atom is 0.120 e. The second-order valence-electron chi connectivity index (χ2n) is 4.54. The van der Waals surface area contributed by atoms with E-state index in [0.717, 1.165) is 18.0 Å². The van der Waals surface area contributed by atoms with Crippen LogP contribution >= 0.6 is 0 Å². The summed E-state index contributed by atoms with van der Waals surface area (Å²) in [5.41, 5.74) is 2.44. The molecule has 0 heterocycles. The van der Waals surface area contributed by atoms with Crippen LogP contribution in [0.3, 0.4) is 0 Å². The second-order valence-corrected chi connectivity index (χ2v) is 4.54. The molecule has 0 spiro atoms. The van der Waals surface area contributed by atoms with E-state index in [1.807, 2.05) is 38.2 Å². The van der Waals surface area contributed by atoms with Crippen LogP contribution in [0.2, 0.25) is 0 Å². The average Bonchev–Trinajstić information content (AvgIpc) is 2.48. The highest BCUT2D eigenvalue weighted by Gasteiger charge is 1.99. The van der Waals surface area contributed by atoms with E-state index < -0.39 is 0 Å². The summed E-state index contributed by atoms with van der Waals surface area (Å²) in [6, 6.07) is 16.1. The number of ether oxygens (including phenoxy) is 2. The lowest BCUT2D eigenvalue weighted by molar-refractivity contribution is 0.304. The monoisotopic (exact) mass is 271 g/mol. The highest BCUT2D eigenvalue weighted by Crippen LogP contribution is 2.18. The van der Waals surface area contributed by atoms with Gasteiger partial charge >= 0.3 is 0 Å². The summed E-state index contributed by atoms with van der Waals surface area (Å²) in [5, 5.41) is 3.15. The highest BCUT2D eigenvalue weighted by atomic mass is 16.5. The molecule has 1 N–H and O–H groups in total. The molecule has 0 bridgehead atoms. The van der Waals surface area contributed by atoms with Gasteiger partial charge < -0.3 is 14.8 Å². The lowest BCUT2D eigenvalue weighted by Crippen LogP contribution is -2.05. The second kappa shape index (κ2) is 7.56. The third kappa shape index (κ3) is 4.28. The minimum Gasteiger partial charge on any atom is -0.494 e. The maximum absolute atomic E-state index is 5.78. The minimum absolute atomic E-state index is 0.575. The Labute approximate surface area is 120 Å². The van der Waals surface area contributed by atoms with Crippen molar-refractivity contribution in [3.05, 3.63) is 59.7 Å². The zero-order valence-corrected chi connectivity index (χ0v) is 12.1. The fraction of sp³-hybridized carbons (Fsp3) is 0.294. The zero-order chi connectivity index (χ0) is 14.2. The van der Waals surface area contributed by atoms with Crippen molar-refractivity contribution in [2.75, 3.05) is 13.7 Å². The molecule has 3 heteroatoms. The van der Waals surface area contributed by atoms with E-state index in [1.54, 1.807) is 0 Å². The van der Waals surface area contributed by atoms with Crippen molar-refractivity contribution in [2.45, 2.75) is 20.1 Å². The molecular formula is C17H21NO2. The summed E-state index contributed by atoms with van der Waals surface area (Å²) in [5.74, 6) is 1.73. The lowest BCUT2D eigenvalue weighted by Gasteiger charge is -2.09. The first-order chi connectivity index (χ1) is 9.81. The molecule has 0 aliphatic heterocycles. The van der Waals surface area contributed by atoms with E-state index in [9.17, 15) is 0 Å². The van der Waals surface area contributed by atoms with E-state index in [4.69, 9.17) is 9.47 Å². The molecule has 0 radical (unpaired) electrons. The molecule has 0 saturated heterocycles. The molecule has 0 saturated carbocycles. The van der Waals surface area contributed by atoms with Crippen LogP contribution in [0.25, 0.3) is 0 Å². The first kappa shape index (κ1) is 14.4. The van der Waals surface area contributed by atoms with Gasteiger partial charge in [-0.2, -0.15) is 0 Å². The summed E-state index contributed by atoms with van der Waals surface area (Å²) < 4.78 is 11.2. The van der Waals surface area contributed by atoms with Gasteiger partial charge in [-0.3, -0.25) is 0 Å². The molecule has 0 fully saturated rings. The van der Waals surface area contributed by atoms with Gasteiger partial charge in [-0.25, -0.2) is 0 Å². The van der Waals surface area contributed by atoms with Gasteiger partial charge in [0.25, 0.3) is 0 Å². The van der Waals surface area contributed by atoms with Crippen LogP contribution in [0.5, 0.6) is 11.5 Å². The molecule has 0 aliphatic rings. The fourth-order valence-corrected chi connectivity index (χ4v) is 2.00. The molecule has 2 aromatic rings. The van der Waals surface area contributed by atoms with Gasteiger partial charge in [0.05, 0.1) is 6.61 Å². The van der Waals surface area contributed by atoms with Crippen molar-refractivity contribution < 1.29 is 9.47 Å². The largest absolute Gasteiger partial charge is 0.494 e. The highest BCUT2D eigenvalue weighted by molar-refractivity contribution is 5.31. The van der Waals surface area contributed by atoms with Crippen molar-refractivity contribution in [2.24, 2.45) is 0 Å². The van der Waals surface area contributed by atoms with Gasteiger partial charge in [-0.05, 0) is 49.4 Å². The SMILES string of the molecule is CCOc1ccc(OCc2cccc(CNC)c2)cc1. The van der Waals surface area contributed by atoms with Crippen LogP contribution in [0.4, 0.5) is 0 Å². The summed E-state index contributed by atoms with van der Waals surface area (Å²) in [4.78, 5) is 0. The van der Waals surface area contributed by atoms with E-state index >= 15 is 0 Å². The van der Waals surface area contributed by atoms with E-state index in [0.29, 0.717) is 13.2 Å². The van der Waals surface area contributed by atoms with Crippen molar-refractivity contribution in [1.29, 1.82) is 0 Å².